The molecule has 0 amide bonds. The summed E-state index contributed by atoms with van der Waals surface area (Å²) in [5.74, 6) is 0.750. The van der Waals surface area contributed by atoms with Crippen LogP contribution in [0.25, 0.3) is 0 Å². The summed E-state index contributed by atoms with van der Waals surface area (Å²) in [6.45, 7) is 7.31. The summed E-state index contributed by atoms with van der Waals surface area (Å²) in [6.07, 6.45) is 6.01. The Morgan fingerprint density at radius 2 is 1.83 bits per heavy atom. The zero-order valence-corrected chi connectivity index (χ0v) is 12.9. The Balaban J connectivity index is 2.62. The molecule has 0 radical (unpaired) electrons. The van der Waals surface area contributed by atoms with Crippen molar-refractivity contribution in [2.45, 2.75) is 70.6 Å². The third-order valence-corrected chi connectivity index (χ3v) is 6.52. The van der Waals surface area contributed by atoms with Crippen LogP contribution in [-0.4, -0.2) is 32.0 Å². The van der Waals surface area contributed by atoms with E-state index in [9.17, 15) is 8.42 Å². The minimum Gasteiger partial charge on any atom is -0.313 e. The Morgan fingerprint density at radius 3 is 2.33 bits per heavy atom. The predicted octanol–water partition coefficient (Wildman–Crippen LogP) is 2.76. The molecule has 0 aromatic carbocycles. The van der Waals surface area contributed by atoms with Gasteiger partial charge in [-0.25, -0.2) is 8.42 Å². The molecule has 0 heterocycles. The summed E-state index contributed by atoms with van der Waals surface area (Å²) in [7, 11) is -2.91. The van der Waals surface area contributed by atoms with E-state index in [-0.39, 0.29) is 11.3 Å². The summed E-state index contributed by atoms with van der Waals surface area (Å²) in [4.78, 5) is 0. The molecule has 4 heteroatoms. The van der Waals surface area contributed by atoms with Crippen LogP contribution in [0.4, 0.5) is 0 Å². The van der Waals surface area contributed by atoms with Gasteiger partial charge in [-0.05, 0) is 31.7 Å². The highest BCUT2D eigenvalue weighted by Gasteiger charge is 2.32. The molecule has 18 heavy (non-hydrogen) atoms. The van der Waals surface area contributed by atoms with Gasteiger partial charge in [-0.2, -0.15) is 0 Å². The second-order valence-electron chi connectivity index (χ2n) is 5.68. The lowest BCUT2D eigenvalue weighted by Crippen LogP contribution is -2.43. The Labute approximate surface area is 113 Å². The van der Waals surface area contributed by atoms with Crippen molar-refractivity contribution in [3.8, 4) is 0 Å². The highest BCUT2D eigenvalue weighted by atomic mass is 32.2. The highest BCUT2D eigenvalue weighted by molar-refractivity contribution is 7.92. The van der Waals surface area contributed by atoms with E-state index >= 15 is 0 Å². The first-order valence-electron chi connectivity index (χ1n) is 7.46. The molecular weight excluding hydrogens is 246 g/mol. The summed E-state index contributed by atoms with van der Waals surface area (Å²) in [6, 6.07) is 0.126. The second-order valence-corrected chi connectivity index (χ2v) is 8.01. The molecule has 0 saturated heterocycles. The maximum atomic E-state index is 12.4. The van der Waals surface area contributed by atoms with Crippen LogP contribution in [0.2, 0.25) is 0 Å². The fourth-order valence-corrected chi connectivity index (χ4v) is 4.94. The number of nitrogens with one attached hydrogen (secondary N) is 1. The molecule has 2 atom stereocenters. The molecule has 1 saturated carbocycles. The van der Waals surface area contributed by atoms with Gasteiger partial charge in [0.25, 0.3) is 0 Å². The average Bonchev–Trinajstić information content (AvgIpc) is 2.87. The van der Waals surface area contributed by atoms with Crippen LogP contribution in [0, 0.1) is 5.92 Å². The van der Waals surface area contributed by atoms with Crippen molar-refractivity contribution < 1.29 is 8.42 Å². The summed E-state index contributed by atoms with van der Waals surface area (Å²) in [5, 5.41) is 3.36. The Kier molecular flexibility index (Phi) is 6.64. The molecule has 1 N–H and O–H groups in total. The van der Waals surface area contributed by atoms with Crippen LogP contribution in [-0.2, 0) is 9.84 Å². The predicted molar refractivity (Wildman–Crippen MR) is 77.6 cm³/mol. The van der Waals surface area contributed by atoms with Crippen LogP contribution in [0.3, 0.4) is 0 Å². The van der Waals surface area contributed by atoms with Crippen molar-refractivity contribution in [1.29, 1.82) is 0 Å². The third kappa shape index (κ3) is 4.54. The number of rotatable bonds is 8. The molecule has 1 rings (SSSR count). The molecule has 0 aromatic heterocycles. The first kappa shape index (κ1) is 16.0. The summed E-state index contributed by atoms with van der Waals surface area (Å²) >= 11 is 0. The molecule has 1 aliphatic carbocycles. The fraction of sp³-hybridized carbons (Fsp3) is 1.00. The van der Waals surface area contributed by atoms with Gasteiger partial charge in [-0.3, -0.25) is 0 Å². The van der Waals surface area contributed by atoms with Gasteiger partial charge in [0.15, 0.2) is 9.84 Å². The molecule has 1 fully saturated rings. The summed E-state index contributed by atoms with van der Waals surface area (Å²) in [5.41, 5.74) is 0. The first-order chi connectivity index (χ1) is 8.51. The molecule has 0 aromatic rings. The Bertz CT molecular complexity index is 321. The molecular formula is C14H29NO2S. The molecule has 108 valence electrons. The molecule has 0 spiro atoms. The Morgan fingerprint density at radius 1 is 1.22 bits per heavy atom. The first-order valence-corrected chi connectivity index (χ1v) is 9.17. The van der Waals surface area contributed by atoms with Crippen LogP contribution < -0.4 is 5.32 Å². The van der Waals surface area contributed by atoms with E-state index in [0.29, 0.717) is 11.7 Å². The van der Waals surface area contributed by atoms with Crippen molar-refractivity contribution in [2.75, 3.05) is 12.3 Å². The zero-order valence-electron chi connectivity index (χ0n) is 12.1. The molecule has 0 aliphatic heterocycles. The van der Waals surface area contributed by atoms with Gasteiger partial charge in [-0.1, -0.05) is 40.0 Å². The van der Waals surface area contributed by atoms with Gasteiger partial charge >= 0.3 is 0 Å². The maximum absolute atomic E-state index is 12.4. The highest BCUT2D eigenvalue weighted by Crippen LogP contribution is 2.26. The van der Waals surface area contributed by atoms with Gasteiger partial charge in [0.2, 0.25) is 0 Å². The normalized spacial score (nSPS) is 21.1. The number of sulfone groups is 1. The molecule has 0 bridgehead atoms. The van der Waals surface area contributed by atoms with Crippen molar-refractivity contribution in [1.82, 2.24) is 5.32 Å². The monoisotopic (exact) mass is 275 g/mol. The molecule has 3 nitrogen and oxygen atoms in total. The Hall–Kier alpha value is -0.0900. The van der Waals surface area contributed by atoms with Crippen molar-refractivity contribution in [2.24, 2.45) is 5.92 Å². The van der Waals surface area contributed by atoms with Gasteiger partial charge < -0.3 is 5.32 Å². The zero-order chi connectivity index (χ0) is 13.6. The quantitative estimate of drug-likeness (QED) is 0.741. The van der Waals surface area contributed by atoms with Gasteiger partial charge in [0.1, 0.15) is 0 Å². The minimum absolute atomic E-state index is 0.0625. The van der Waals surface area contributed by atoms with E-state index in [4.69, 9.17) is 0 Å². The second kappa shape index (κ2) is 7.49. The molecule has 1 aliphatic rings. The third-order valence-electron chi connectivity index (χ3n) is 4.21. The van der Waals surface area contributed by atoms with E-state index in [2.05, 4.69) is 26.1 Å². The van der Waals surface area contributed by atoms with Gasteiger partial charge in [0.05, 0.1) is 11.0 Å². The SMILES string of the molecule is CCCNC(CS(=O)(=O)C1CCCC1)C(C)CC. The van der Waals surface area contributed by atoms with E-state index in [1.165, 1.54) is 0 Å². The largest absolute Gasteiger partial charge is 0.313 e. The number of hydrogen-bond donors (Lipinski definition) is 1. The number of hydrogen-bond acceptors (Lipinski definition) is 3. The van der Waals surface area contributed by atoms with E-state index in [0.717, 1.165) is 45.1 Å². The smallest absolute Gasteiger partial charge is 0.154 e. The van der Waals surface area contributed by atoms with Crippen molar-refractivity contribution >= 4 is 9.84 Å². The lowest BCUT2D eigenvalue weighted by Gasteiger charge is -2.25. The van der Waals surface area contributed by atoms with Crippen molar-refractivity contribution in [3.05, 3.63) is 0 Å². The topological polar surface area (TPSA) is 46.2 Å². The van der Waals surface area contributed by atoms with Crippen LogP contribution in [0.15, 0.2) is 0 Å². The lowest BCUT2D eigenvalue weighted by atomic mass is 10.0. The van der Waals surface area contributed by atoms with Crippen LogP contribution >= 0.6 is 0 Å². The van der Waals surface area contributed by atoms with Gasteiger partial charge in [0, 0.05) is 6.04 Å². The minimum atomic E-state index is -2.91. The summed E-state index contributed by atoms with van der Waals surface area (Å²) < 4.78 is 24.8. The van der Waals surface area contributed by atoms with E-state index < -0.39 is 9.84 Å². The fourth-order valence-electron chi connectivity index (χ4n) is 2.67. The molecule has 2 unspecified atom stereocenters. The van der Waals surface area contributed by atoms with Crippen molar-refractivity contribution in [3.63, 3.8) is 0 Å². The van der Waals surface area contributed by atoms with Gasteiger partial charge in [-0.15, -0.1) is 0 Å². The van der Waals surface area contributed by atoms with E-state index in [1.807, 2.05) is 0 Å². The average molecular weight is 275 g/mol. The van der Waals surface area contributed by atoms with Crippen LogP contribution in [0.1, 0.15) is 59.3 Å². The maximum Gasteiger partial charge on any atom is 0.154 e. The van der Waals surface area contributed by atoms with Crippen LogP contribution in [0.5, 0.6) is 0 Å². The standard InChI is InChI=1S/C14H29NO2S/c1-4-10-15-14(12(3)5-2)11-18(16,17)13-8-6-7-9-13/h12-15H,4-11H2,1-3H3. The van der Waals surface area contributed by atoms with E-state index in [1.54, 1.807) is 0 Å². The lowest BCUT2D eigenvalue weighted by molar-refractivity contribution is 0.390.